The average Bonchev–Trinajstić information content (AvgIpc) is 2.25. The first-order valence-electron chi connectivity index (χ1n) is 5.15. The van der Waals surface area contributed by atoms with Gasteiger partial charge in [0.05, 0.1) is 5.69 Å². The van der Waals surface area contributed by atoms with E-state index in [9.17, 15) is 0 Å². The first-order chi connectivity index (χ1) is 6.30. The van der Waals surface area contributed by atoms with Crippen molar-refractivity contribution < 1.29 is 0 Å². The average molecular weight is 193 g/mol. The molecule has 0 radical (unpaired) electrons. The third-order valence-electron chi connectivity index (χ3n) is 3.01. The molecule has 14 heavy (non-hydrogen) atoms. The second kappa shape index (κ2) is 2.53. The van der Waals surface area contributed by atoms with Crippen LogP contribution in [-0.4, -0.2) is 9.97 Å². The van der Waals surface area contributed by atoms with Crippen LogP contribution < -0.4 is 5.73 Å². The van der Waals surface area contributed by atoms with Crippen LogP contribution in [-0.2, 0) is 11.8 Å². The molecule has 0 spiro atoms. The molecule has 0 bridgehead atoms. The summed E-state index contributed by atoms with van der Waals surface area (Å²) in [5, 5.41) is 0. The maximum Gasteiger partial charge on any atom is 0.197 e. The second-order valence-corrected chi connectivity index (χ2v) is 5.85. The van der Waals surface area contributed by atoms with Crippen molar-refractivity contribution in [2.45, 2.75) is 46.0 Å². The van der Waals surface area contributed by atoms with Crippen LogP contribution >= 0.6 is 0 Å². The van der Waals surface area contributed by atoms with Crippen molar-refractivity contribution in [3.8, 4) is 0 Å². The number of fused-ring (bicyclic) bond motifs is 1. The molecular weight excluding hydrogens is 174 g/mol. The van der Waals surface area contributed by atoms with Gasteiger partial charge < -0.3 is 10.7 Å². The maximum atomic E-state index is 5.70. The highest BCUT2D eigenvalue weighted by Crippen LogP contribution is 2.44. The largest absolute Gasteiger partial charge is 0.369 e. The third-order valence-corrected chi connectivity index (χ3v) is 3.01. The summed E-state index contributed by atoms with van der Waals surface area (Å²) in [6.07, 6.45) is 2.22. The molecule has 78 valence electrons. The van der Waals surface area contributed by atoms with Gasteiger partial charge in [-0.1, -0.05) is 27.7 Å². The fraction of sp³-hybridized carbons (Fsp3) is 0.727. The zero-order valence-corrected chi connectivity index (χ0v) is 9.44. The summed E-state index contributed by atoms with van der Waals surface area (Å²) in [4.78, 5) is 7.57. The number of aromatic amines is 1. The van der Waals surface area contributed by atoms with E-state index in [0.29, 0.717) is 11.4 Å². The van der Waals surface area contributed by atoms with Gasteiger partial charge in [-0.05, 0) is 18.3 Å². The lowest BCUT2D eigenvalue weighted by molar-refractivity contribution is 0.226. The molecule has 0 saturated heterocycles. The van der Waals surface area contributed by atoms with Gasteiger partial charge in [-0.15, -0.1) is 0 Å². The molecule has 1 aliphatic rings. The Bertz CT molecular complexity index is 361. The molecule has 2 rings (SSSR count). The Morgan fingerprint density at radius 3 is 2.57 bits per heavy atom. The summed E-state index contributed by atoms with van der Waals surface area (Å²) in [6.45, 7) is 9.09. The molecule has 3 N–H and O–H groups in total. The smallest absolute Gasteiger partial charge is 0.197 e. The van der Waals surface area contributed by atoms with E-state index >= 15 is 0 Å². The summed E-state index contributed by atoms with van der Waals surface area (Å²) < 4.78 is 0. The number of anilines is 1. The van der Waals surface area contributed by atoms with E-state index in [1.165, 1.54) is 5.69 Å². The minimum Gasteiger partial charge on any atom is -0.369 e. The summed E-state index contributed by atoms with van der Waals surface area (Å²) >= 11 is 0. The lowest BCUT2D eigenvalue weighted by atomic mass is 9.66. The number of hydrogen-bond donors (Lipinski definition) is 2. The minimum absolute atomic E-state index is 0.144. The van der Waals surface area contributed by atoms with Gasteiger partial charge in [0.25, 0.3) is 0 Å². The van der Waals surface area contributed by atoms with E-state index in [2.05, 4.69) is 37.7 Å². The molecule has 1 aromatic heterocycles. The van der Waals surface area contributed by atoms with Gasteiger partial charge in [-0.25, -0.2) is 4.98 Å². The van der Waals surface area contributed by atoms with Gasteiger partial charge in [0.15, 0.2) is 5.95 Å². The number of nitrogens with zero attached hydrogens (tertiary/aromatic N) is 1. The molecule has 0 aromatic carbocycles. The number of H-pyrrole nitrogens is 1. The van der Waals surface area contributed by atoms with Gasteiger partial charge >= 0.3 is 0 Å². The molecule has 0 aliphatic heterocycles. The fourth-order valence-corrected chi connectivity index (χ4v) is 2.94. The van der Waals surface area contributed by atoms with Crippen LogP contribution in [0.5, 0.6) is 0 Å². The maximum absolute atomic E-state index is 5.70. The number of nitrogen functional groups attached to an aromatic ring is 1. The van der Waals surface area contributed by atoms with E-state index in [0.717, 1.165) is 18.5 Å². The summed E-state index contributed by atoms with van der Waals surface area (Å²) in [6, 6.07) is 0. The second-order valence-electron chi connectivity index (χ2n) is 5.85. The zero-order chi connectivity index (χ0) is 10.6. The van der Waals surface area contributed by atoms with Crippen LogP contribution in [0.1, 0.15) is 45.5 Å². The topological polar surface area (TPSA) is 54.7 Å². The number of nitrogens with two attached hydrogens (primary N) is 1. The molecule has 0 unspecified atom stereocenters. The molecule has 1 heterocycles. The van der Waals surface area contributed by atoms with Crippen molar-refractivity contribution in [3.05, 3.63) is 11.4 Å². The normalized spacial score (nSPS) is 23.1. The van der Waals surface area contributed by atoms with Gasteiger partial charge in [-0.3, -0.25) is 0 Å². The van der Waals surface area contributed by atoms with Gasteiger partial charge in [0.1, 0.15) is 0 Å². The van der Waals surface area contributed by atoms with Crippen LogP contribution in [0.25, 0.3) is 0 Å². The van der Waals surface area contributed by atoms with Crippen LogP contribution in [0, 0.1) is 5.41 Å². The number of imidazole rings is 1. The van der Waals surface area contributed by atoms with Gasteiger partial charge in [0, 0.05) is 11.1 Å². The van der Waals surface area contributed by atoms with E-state index in [1.807, 2.05) is 0 Å². The predicted molar refractivity (Wildman–Crippen MR) is 58.1 cm³/mol. The first-order valence-corrected chi connectivity index (χ1v) is 5.15. The highest BCUT2D eigenvalue weighted by molar-refractivity contribution is 5.34. The summed E-state index contributed by atoms with van der Waals surface area (Å²) in [5.74, 6) is 0.556. The van der Waals surface area contributed by atoms with Crippen molar-refractivity contribution >= 4 is 5.95 Å². The minimum atomic E-state index is 0.144. The van der Waals surface area contributed by atoms with Gasteiger partial charge in [0.2, 0.25) is 0 Å². The Labute approximate surface area is 85.1 Å². The number of nitrogens with one attached hydrogen (secondary N) is 1. The Hall–Kier alpha value is -0.990. The summed E-state index contributed by atoms with van der Waals surface area (Å²) in [7, 11) is 0. The predicted octanol–water partition coefficient (Wildman–Crippen LogP) is 2.24. The van der Waals surface area contributed by atoms with E-state index in [-0.39, 0.29) is 5.41 Å². The van der Waals surface area contributed by atoms with Crippen LogP contribution in [0.4, 0.5) is 5.95 Å². The molecule has 0 atom stereocenters. The Balaban J connectivity index is 2.52. The molecule has 3 heteroatoms. The SMILES string of the molecule is CC1(C)Cc2[nH]c(N)nc2C(C)(C)C1. The zero-order valence-electron chi connectivity index (χ0n) is 9.44. The number of aromatic nitrogens is 2. The third kappa shape index (κ3) is 1.41. The van der Waals surface area contributed by atoms with Gasteiger partial charge in [-0.2, -0.15) is 0 Å². The lowest BCUT2D eigenvalue weighted by Crippen LogP contribution is -2.34. The quantitative estimate of drug-likeness (QED) is 0.664. The van der Waals surface area contributed by atoms with Crippen molar-refractivity contribution in [2.75, 3.05) is 5.73 Å². The van der Waals surface area contributed by atoms with Crippen LogP contribution in [0.2, 0.25) is 0 Å². The molecule has 1 aliphatic carbocycles. The summed E-state index contributed by atoms with van der Waals surface area (Å²) in [5.41, 5.74) is 8.58. The van der Waals surface area contributed by atoms with E-state index in [4.69, 9.17) is 5.73 Å². The standard InChI is InChI=1S/C11H19N3/c1-10(2)5-7-8(11(3,4)6-10)14-9(12)13-7/h5-6H2,1-4H3,(H3,12,13,14). The van der Waals surface area contributed by atoms with Crippen molar-refractivity contribution in [3.63, 3.8) is 0 Å². The lowest BCUT2D eigenvalue weighted by Gasteiger charge is -2.39. The molecule has 0 fully saturated rings. The molecule has 1 aromatic rings. The molecule has 0 amide bonds. The Morgan fingerprint density at radius 1 is 1.29 bits per heavy atom. The van der Waals surface area contributed by atoms with Crippen LogP contribution in [0.15, 0.2) is 0 Å². The van der Waals surface area contributed by atoms with E-state index in [1.54, 1.807) is 0 Å². The highest BCUT2D eigenvalue weighted by atomic mass is 15.0. The Kier molecular flexibility index (Phi) is 1.72. The highest BCUT2D eigenvalue weighted by Gasteiger charge is 2.39. The van der Waals surface area contributed by atoms with Crippen LogP contribution in [0.3, 0.4) is 0 Å². The monoisotopic (exact) mass is 193 g/mol. The van der Waals surface area contributed by atoms with Crippen molar-refractivity contribution in [1.82, 2.24) is 9.97 Å². The number of rotatable bonds is 0. The number of hydrogen-bond acceptors (Lipinski definition) is 2. The molecule has 0 saturated carbocycles. The van der Waals surface area contributed by atoms with Crippen molar-refractivity contribution in [1.29, 1.82) is 0 Å². The molecular formula is C11H19N3. The van der Waals surface area contributed by atoms with Crippen molar-refractivity contribution in [2.24, 2.45) is 5.41 Å². The molecule has 3 nitrogen and oxygen atoms in total. The fourth-order valence-electron chi connectivity index (χ4n) is 2.94. The van der Waals surface area contributed by atoms with E-state index < -0.39 is 0 Å². The first kappa shape index (κ1) is 9.56. The Morgan fingerprint density at radius 2 is 1.93 bits per heavy atom.